The van der Waals surface area contributed by atoms with Gasteiger partial charge in [0, 0.05) is 11.9 Å². The molecule has 2 rings (SSSR count). The predicted octanol–water partition coefficient (Wildman–Crippen LogP) is 4.12. The summed E-state index contributed by atoms with van der Waals surface area (Å²) in [7, 11) is -3.75. The van der Waals surface area contributed by atoms with Gasteiger partial charge in [-0.1, -0.05) is 24.3 Å². The average molecular weight is 402 g/mol. The second-order valence-electron chi connectivity index (χ2n) is 5.39. The molecule has 0 aliphatic carbocycles. The number of anilines is 1. The van der Waals surface area contributed by atoms with Crippen LogP contribution in [-0.4, -0.2) is 24.9 Å². The fraction of sp³-hybridized carbons (Fsp3) is 0.235. The van der Waals surface area contributed by atoms with Crippen LogP contribution in [0.3, 0.4) is 0 Å². The monoisotopic (exact) mass is 402 g/mol. The van der Waals surface area contributed by atoms with E-state index in [1.807, 2.05) is 0 Å². The molecule has 0 aliphatic heterocycles. The standard InChI is InChI=1S/C17H17F3N2O2S2/c1-2-15(12-5-3-6-13(11-12)17(18,19)20)26(23,24)10-9-25-16-14(21)7-4-8-22-16/h2-8,11,15H,1,9-10,21H2. The van der Waals surface area contributed by atoms with Crippen molar-refractivity contribution in [3.63, 3.8) is 0 Å². The first-order chi connectivity index (χ1) is 12.1. The Bertz CT molecular complexity index is 884. The zero-order valence-corrected chi connectivity index (χ0v) is 15.2. The summed E-state index contributed by atoms with van der Waals surface area (Å²) in [5.74, 6) is -0.0759. The van der Waals surface area contributed by atoms with Crippen molar-refractivity contribution < 1.29 is 21.6 Å². The van der Waals surface area contributed by atoms with Gasteiger partial charge in [0.1, 0.15) is 10.3 Å². The number of hydrogen-bond donors (Lipinski definition) is 1. The van der Waals surface area contributed by atoms with Gasteiger partial charge < -0.3 is 5.73 Å². The van der Waals surface area contributed by atoms with Gasteiger partial charge in [-0.2, -0.15) is 13.2 Å². The first-order valence-corrected chi connectivity index (χ1v) is 10.2. The number of thioether (sulfide) groups is 1. The molecule has 0 bridgehead atoms. The summed E-state index contributed by atoms with van der Waals surface area (Å²) in [6.07, 6.45) is -1.86. The van der Waals surface area contributed by atoms with Crippen molar-refractivity contribution in [2.24, 2.45) is 0 Å². The van der Waals surface area contributed by atoms with Crippen molar-refractivity contribution in [1.29, 1.82) is 0 Å². The van der Waals surface area contributed by atoms with Gasteiger partial charge in [0.05, 0.1) is 17.0 Å². The molecule has 1 heterocycles. The van der Waals surface area contributed by atoms with E-state index < -0.39 is 26.8 Å². The molecule has 140 valence electrons. The fourth-order valence-corrected chi connectivity index (χ4v) is 5.22. The number of halogens is 3. The SMILES string of the molecule is C=CC(c1cccc(C(F)(F)F)c1)S(=O)(=O)CCSc1ncccc1N. The molecule has 0 aliphatic rings. The zero-order chi connectivity index (χ0) is 19.4. The highest BCUT2D eigenvalue weighted by Crippen LogP contribution is 2.33. The molecular formula is C17H17F3N2O2S2. The molecule has 2 aromatic rings. The number of aromatic nitrogens is 1. The van der Waals surface area contributed by atoms with Crippen LogP contribution in [0.1, 0.15) is 16.4 Å². The number of nitrogens with two attached hydrogens (primary N) is 1. The Morgan fingerprint density at radius 1 is 1.27 bits per heavy atom. The molecule has 0 radical (unpaired) electrons. The summed E-state index contributed by atoms with van der Waals surface area (Å²) in [6.45, 7) is 3.48. The topological polar surface area (TPSA) is 73.0 Å². The van der Waals surface area contributed by atoms with Crippen molar-refractivity contribution in [1.82, 2.24) is 4.98 Å². The number of alkyl halides is 3. The third-order valence-corrected chi connectivity index (χ3v) is 6.84. The molecule has 1 unspecified atom stereocenters. The van der Waals surface area contributed by atoms with Gasteiger partial charge in [0.25, 0.3) is 0 Å². The Balaban J connectivity index is 2.15. The Hall–Kier alpha value is -2.00. The van der Waals surface area contributed by atoms with Crippen molar-refractivity contribution in [2.75, 3.05) is 17.2 Å². The lowest BCUT2D eigenvalue weighted by molar-refractivity contribution is -0.137. The third-order valence-electron chi connectivity index (χ3n) is 3.55. The summed E-state index contributed by atoms with van der Waals surface area (Å²) in [4.78, 5) is 4.06. The van der Waals surface area contributed by atoms with E-state index in [-0.39, 0.29) is 17.1 Å². The normalized spacial score (nSPS) is 13.3. The van der Waals surface area contributed by atoms with Gasteiger partial charge in [0.2, 0.25) is 0 Å². The van der Waals surface area contributed by atoms with Crippen molar-refractivity contribution in [3.05, 3.63) is 66.4 Å². The minimum Gasteiger partial charge on any atom is -0.397 e. The molecule has 0 saturated heterocycles. The van der Waals surface area contributed by atoms with Crippen molar-refractivity contribution in [2.45, 2.75) is 16.5 Å². The minimum atomic E-state index is -4.54. The Morgan fingerprint density at radius 2 is 2.00 bits per heavy atom. The number of pyridine rings is 1. The molecule has 0 saturated carbocycles. The van der Waals surface area contributed by atoms with E-state index in [1.54, 1.807) is 18.3 Å². The van der Waals surface area contributed by atoms with Crippen LogP contribution in [0.15, 0.2) is 60.3 Å². The fourth-order valence-electron chi connectivity index (χ4n) is 2.29. The largest absolute Gasteiger partial charge is 0.416 e. The van der Waals surface area contributed by atoms with Crippen LogP contribution < -0.4 is 5.73 Å². The Morgan fingerprint density at radius 3 is 2.62 bits per heavy atom. The average Bonchev–Trinajstić information content (AvgIpc) is 2.56. The summed E-state index contributed by atoms with van der Waals surface area (Å²) in [6, 6.07) is 7.59. The zero-order valence-electron chi connectivity index (χ0n) is 13.6. The molecule has 0 spiro atoms. The Kier molecular flexibility index (Phi) is 6.35. The number of nitrogens with zero attached hydrogens (tertiary/aromatic N) is 1. The lowest BCUT2D eigenvalue weighted by Gasteiger charge is -2.16. The third kappa shape index (κ3) is 5.01. The van der Waals surface area contributed by atoms with Crippen LogP contribution in [-0.2, 0) is 16.0 Å². The van der Waals surface area contributed by atoms with E-state index in [9.17, 15) is 21.6 Å². The van der Waals surface area contributed by atoms with E-state index in [4.69, 9.17) is 5.73 Å². The molecule has 1 aromatic heterocycles. The van der Waals surface area contributed by atoms with Gasteiger partial charge in [-0.15, -0.1) is 18.3 Å². The quantitative estimate of drug-likeness (QED) is 0.557. The summed E-state index contributed by atoms with van der Waals surface area (Å²) in [5.41, 5.74) is 5.33. The molecular weight excluding hydrogens is 385 g/mol. The minimum absolute atomic E-state index is 0.0391. The summed E-state index contributed by atoms with van der Waals surface area (Å²) in [5, 5.41) is -0.705. The maximum atomic E-state index is 12.9. The maximum absolute atomic E-state index is 12.9. The lowest BCUT2D eigenvalue weighted by atomic mass is 10.1. The number of nitrogen functional groups attached to an aromatic ring is 1. The second-order valence-corrected chi connectivity index (χ2v) is 8.72. The molecule has 1 aromatic carbocycles. The highest BCUT2D eigenvalue weighted by atomic mass is 32.2. The molecule has 0 fully saturated rings. The first kappa shape index (κ1) is 20.3. The van der Waals surface area contributed by atoms with Gasteiger partial charge >= 0.3 is 6.18 Å². The van der Waals surface area contributed by atoms with Crippen LogP contribution in [0.2, 0.25) is 0 Å². The molecule has 0 amide bonds. The van der Waals surface area contributed by atoms with Gasteiger partial charge in [-0.25, -0.2) is 13.4 Å². The predicted molar refractivity (Wildman–Crippen MR) is 97.5 cm³/mol. The highest BCUT2D eigenvalue weighted by molar-refractivity contribution is 8.00. The van der Waals surface area contributed by atoms with E-state index in [0.717, 1.165) is 18.2 Å². The van der Waals surface area contributed by atoms with E-state index in [1.165, 1.54) is 23.9 Å². The first-order valence-electron chi connectivity index (χ1n) is 7.49. The van der Waals surface area contributed by atoms with E-state index in [0.29, 0.717) is 10.7 Å². The van der Waals surface area contributed by atoms with Gasteiger partial charge in [-0.3, -0.25) is 0 Å². The summed E-state index contributed by atoms with van der Waals surface area (Å²) >= 11 is 1.17. The number of benzene rings is 1. The van der Waals surface area contributed by atoms with Crippen molar-refractivity contribution in [3.8, 4) is 0 Å². The van der Waals surface area contributed by atoms with Crippen LogP contribution in [0.4, 0.5) is 18.9 Å². The molecule has 4 nitrogen and oxygen atoms in total. The molecule has 9 heteroatoms. The molecule has 2 N–H and O–H groups in total. The number of sulfone groups is 1. The van der Waals surface area contributed by atoms with E-state index in [2.05, 4.69) is 11.6 Å². The maximum Gasteiger partial charge on any atom is 0.416 e. The number of hydrogen-bond acceptors (Lipinski definition) is 5. The Labute approximate surface area is 154 Å². The molecule has 26 heavy (non-hydrogen) atoms. The lowest BCUT2D eigenvalue weighted by Crippen LogP contribution is -2.17. The van der Waals surface area contributed by atoms with Crippen molar-refractivity contribution >= 4 is 27.3 Å². The molecule has 1 atom stereocenters. The van der Waals surface area contributed by atoms with E-state index >= 15 is 0 Å². The van der Waals surface area contributed by atoms with Gasteiger partial charge in [-0.05, 0) is 23.8 Å². The smallest absolute Gasteiger partial charge is 0.397 e. The van der Waals surface area contributed by atoms with Crippen LogP contribution in [0, 0.1) is 0 Å². The van der Waals surface area contributed by atoms with Crippen LogP contribution in [0.5, 0.6) is 0 Å². The van der Waals surface area contributed by atoms with Crippen LogP contribution in [0.25, 0.3) is 0 Å². The van der Waals surface area contributed by atoms with Crippen LogP contribution >= 0.6 is 11.8 Å². The summed E-state index contributed by atoms with van der Waals surface area (Å²) < 4.78 is 63.7. The number of rotatable bonds is 7. The van der Waals surface area contributed by atoms with Gasteiger partial charge in [0.15, 0.2) is 9.84 Å². The second kappa shape index (κ2) is 8.13. The highest BCUT2D eigenvalue weighted by Gasteiger charge is 2.32.